The van der Waals surface area contributed by atoms with E-state index in [1.165, 1.54) is 6.20 Å². The van der Waals surface area contributed by atoms with E-state index in [2.05, 4.69) is 27.2 Å². The van der Waals surface area contributed by atoms with Gasteiger partial charge in [0.05, 0.1) is 24.2 Å². The van der Waals surface area contributed by atoms with Gasteiger partial charge in [-0.3, -0.25) is 9.36 Å². The summed E-state index contributed by atoms with van der Waals surface area (Å²) in [5.41, 5.74) is 3.71. The van der Waals surface area contributed by atoms with Crippen molar-refractivity contribution in [2.24, 2.45) is 0 Å². The van der Waals surface area contributed by atoms with Gasteiger partial charge < -0.3 is 15.0 Å². The molecule has 1 unspecified atom stereocenters. The van der Waals surface area contributed by atoms with Crippen LogP contribution in [-0.2, 0) is 21.1 Å². The Morgan fingerprint density at radius 1 is 1.09 bits per heavy atom. The highest BCUT2D eigenvalue weighted by atomic mass is 32.2. The van der Waals surface area contributed by atoms with E-state index in [0.717, 1.165) is 59.5 Å². The van der Waals surface area contributed by atoms with Crippen LogP contribution in [0.2, 0.25) is 0 Å². The molecule has 7 rings (SSSR count). The van der Waals surface area contributed by atoms with E-state index < -0.39 is 9.84 Å². The summed E-state index contributed by atoms with van der Waals surface area (Å²) in [5.74, 6) is 0.588. The van der Waals surface area contributed by atoms with Crippen LogP contribution in [0.1, 0.15) is 41.6 Å². The number of pyridine rings is 1. The summed E-state index contributed by atoms with van der Waals surface area (Å²) in [5, 5.41) is 5.66. The summed E-state index contributed by atoms with van der Waals surface area (Å²) in [6.07, 6.45) is 5.19. The van der Waals surface area contributed by atoms with Crippen molar-refractivity contribution < 1.29 is 13.2 Å². The van der Waals surface area contributed by atoms with Crippen LogP contribution < -0.4 is 10.9 Å². The van der Waals surface area contributed by atoms with E-state index in [9.17, 15) is 13.2 Å². The monoisotopic (exact) mass is 614 g/mol. The number of morpholine rings is 1. The number of likely N-dealkylation sites (N-methyl/N-ethyl adjacent to an activating group) is 1. The lowest BCUT2D eigenvalue weighted by molar-refractivity contribution is -0.0208. The topological polar surface area (TPSA) is 119 Å². The highest BCUT2D eigenvalue weighted by molar-refractivity contribution is 7.93. The summed E-state index contributed by atoms with van der Waals surface area (Å²) in [4.78, 5) is 29.5. The van der Waals surface area contributed by atoms with Crippen LogP contribution in [-0.4, -0.2) is 59.6 Å². The molecule has 2 aromatic carbocycles. The number of nitrogens with one attached hydrogen (secondary N) is 1. The smallest absolute Gasteiger partial charge is 0.255 e. The molecule has 3 aromatic heterocycles. The van der Waals surface area contributed by atoms with E-state index in [1.54, 1.807) is 34.3 Å². The second-order valence-corrected chi connectivity index (χ2v) is 14.1. The molecule has 1 aliphatic heterocycles. The standard InChI is InChI=1S/C31H30N6O4S2/c1-36-12-13-41-27(19-36)22-7-9-24(10-8-22)34-30-33-17-23-16-26(21-5-6-21)29(38)37(28(23)35-30)18-20-3-2-4-25(15-20)43(39,40)31-32-11-14-42-31/h2-4,7-11,14-17,21,27H,5-6,12-13,18-19H2,1H3,(H,33,34,35). The maximum atomic E-state index is 13.8. The molecule has 2 fully saturated rings. The third-order valence-corrected chi connectivity index (χ3v) is 10.8. The fourth-order valence-electron chi connectivity index (χ4n) is 5.40. The lowest BCUT2D eigenvalue weighted by atomic mass is 10.1. The molecule has 0 bridgehead atoms. The lowest BCUT2D eigenvalue weighted by Gasteiger charge is -2.30. The first-order chi connectivity index (χ1) is 20.8. The number of ether oxygens (including phenoxy) is 1. The summed E-state index contributed by atoms with van der Waals surface area (Å²) in [7, 11) is -1.66. The van der Waals surface area contributed by atoms with E-state index in [0.29, 0.717) is 23.8 Å². The SMILES string of the molecule is CN1CCOC(c2ccc(Nc3ncc4cc(C5CC5)c(=O)n(Cc5cccc(S(=O)(=O)c6nccs6)c5)c4n3)cc2)C1. The Morgan fingerprint density at radius 2 is 1.93 bits per heavy atom. The lowest BCUT2D eigenvalue weighted by Crippen LogP contribution is -2.35. The largest absolute Gasteiger partial charge is 0.371 e. The van der Waals surface area contributed by atoms with Gasteiger partial charge in [0.1, 0.15) is 5.65 Å². The third kappa shape index (κ3) is 5.70. The van der Waals surface area contributed by atoms with Gasteiger partial charge in [-0.05, 0) is 67.3 Å². The summed E-state index contributed by atoms with van der Waals surface area (Å²) in [6.45, 7) is 2.65. The van der Waals surface area contributed by atoms with Crippen molar-refractivity contribution in [2.45, 2.75) is 40.6 Å². The number of fused-ring (bicyclic) bond motifs is 1. The predicted octanol–water partition coefficient (Wildman–Crippen LogP) is 4.75. The number of anilines is 2. The normalized spacial score (nSPS) is 17.7. The first-order valence-electron chi connectivity index (χ1n) is 14.2. The second kappa shape index (κ2) is 11.3. The molecule has 12 heteroatoms. The number of rotatable bonds is 8. The van der Waals surface area contributed by atoms with E-state index in [-0.39, 0.29) is 33.4 Å². The predicted molar refractivity (Wildman–Crippen MR) is 165 cm³/mol. The number of aromatic nitrogens is 4. The van der Waals surface area contributed by atoms with Crippen molar-refractivity contribution in [1.82, 2.24) is 24.4 Å². The molecule has 2 aliphatic rings. The van der Waals surface area contributed by atoms with Gasteiger partial charge in [0.2, 0.25) is 20.1 Å². The maximum absolute atomic E-state index is 13.8. The Hall–Kier alpha value is -3.97. The Labute approximate surface area is 252 Å². The molecule has 43 heavy (non-hydrogen) atoms. The van der Waals surface area contributed by atoms with E-state index in [4.69, 9.17) is 9.72 Å². The summed E-state index contributed by atoms with van der Waals surface area (Å²) >= 11 is 1.07. The zero-order valence-corrected chi connectivity index (χ0v) is 25.1. The van der Waals surface area contributed by atoms with E-state index >= 15 is 0 Å². The Bertz CT molecular complexity index is 1960. The molecule has 1 saturated carbocycles. The van der Waals surface area contributed by atoms with Crippen molar-refractivity contribution in [3.05, 3.63) is 99.4 Å². The van der Waals surface area contributed by atoms with Crippen molar-refractivity contribution in [1.29, 1.82) is 0 Å². The van der Waals surface area contributed by atoms with Gasteiger partial charge in [0.25, 0.3) is 5.56 Å². The van der Waals surface area contributed by atoms with Gasteiger partial charge >= 0.3 is 0 Å². The van der Waals surface area contributed by atoms with Crippen LogP contribution in [0, 0.1) is 0 Å². The third-order valence-electron chi connectivity index (χ3n) is 7.87. The zero-order valence-electron chi connectivity index (χ0n) is 23.5. The average molecular weight is 615 g/mol. The highest BCUT2D eigenvalue weighted by Gasteiger charge is 2.28. The molecular formula is C31H30N6O4S2. The molecule has 1 saturated heterocycles. The number of hydrogen-bond acceptors (Lipinski definition) is 10. The van der Waals surface area contributed by atoms with Crippen LogP contribution in [0.3, 0.4) is 0 Å². The number of nitrogens with zero attached hydrogens (tertiary/aromatic N) is 5. The fraction of sp³-hybridized carbons (Fsp3) is 0.290. The molecular weight excluding hydrogens is 585 g/mol. The molecule has 5 aromatic rings. The fourth-order valence-corrected chi connectivity index (χ4v) is 7.69. The van der Waals surface area contributed by atoms with Crippen molar-refractivity contribution >= 4 is 43.8 Å². The number of benzene rings is 2. The van der Waals surface area contributed by atoms with Gasteiger partial charge in [-0.15, -0.1) is 11.3 Å². The van der Waals surface area contributed by atoms with Crippen LogP contribution in [0.25, 0.3) is 11.0 Å². The summed E-state index contributed by atoms with van der Waals surface area (Å²) in [6, 6.07) is 16.6. The zero-order chi connectivity index (χ0) is 29.6. The van der Waals surface area contributed by atoms with Gasteiger partial charge in [-0.25, -0.2) is 18.4 Å². The Morgan fingerprint density at radius 3 is 2.67 bits per heavy atom. The molecule has 1 N–H and O–H groups in total. The summed E-state index contributed by atoms with van der Waals surface area (Å²) < 4.78 is 33.8. The first kappa shape index (κ1) is 27.8. The highest BCUT2D eigenvalue weighted by Crippen LogP contribution is 2.39. The van der Waals surface area contributed by atoms with Crippen LogP contribution in [0.4, 0.5) is 11.6 Å². The molecule has 220 valence electrons. The maximum Gasteiger partial charge on any atom is 0.255 e. The van der Waals surface area contributed by atoms with Crippen LogP contribution in [0.15, 0.2) is 86.4 Å². The first-order valence-corrected chi connectivity index (χ1v) is 16.5. The van der Waals surface area contributed by atoms with Gasteiger partial charge in [0.15, 0.2) is 0 Å². The average Bonchev–Trinajstić information content (AvgIpc) is 3.70. The van der Waals surface area contributed by atoms with Crippen molar-refractivity contribution in [3.8, 4) is 0 Å². The molecule has 1 aliphatic carbocycles. The minimum atomic E-state index is -3.75. The number of thiazole rings is 1. The van der Waals surface area contributed by atoms with Gasteiger partial charge in [-0.1, -0.05) is 24.3 Å². The molecule has 0 radical (unpaired) electrons. The van der Waals surface area contributed by atoms with Crippen LogP contribution in [0.5, 0.6) is 0 Å². The van der Waals surface area contributed by atoms with Crippen LogP contribution >= 0.6 is 11.3 Å². The van der Waals surface area contributed by atoms with Gasteiger partial charge in [-0.2, -0.15) is 4.98 Å². The molecule has 4 heterocycles. The van der Waals surface area contributed by atoms with Crippen molar-refractivity contribution in [2.75, 3.05) is 32.1 Å². The minimum Gasteiger partial charge on any atom is -0.371 e. The molecule has 1 atom stereocenters. The molecule has 0 amide bonds. The minimum absolute atomic E-state index is 0.0369. The second-order valence-electron chi connectivity index (χ2n) is 11.1. The molecule has 10 nitrogen and oxygen atoms in total. The quantitative estimate of drug-likeness (QED) is 0.264. The van der Waals surface area contributed by atoms with Crippen molar-refractivity contribution in [3.63, 3.8) is 0 Å². The molecule has 0 spiro atoms. The number of hydrogen-bond donors (Lipinski definition) is 1. The number of sulfone groups is 1. The Balaban J connectivity index is 1.21. The van der Waals surface area contributed by atoms with Gasteiger partial charge in [0, 0.05) is 47.5 Å². The Kier molecular flexibility index (Phi) is 7.29. The van der Waals surface area contributed by atoms with E-state index in [1.807, 2.05) is 36.4 Å².